The van der Waals surface area contributed by atoms with Crippen LogP contribution in [0.2, 0.25) is 0 Å². The summed E-state index contributed by atoms with van der Waals surface area (Å²) in [5.74, 6) is 2.92. The third kappa shape index (κ3) is 8.56. The summed E-state index contributed by atoms with van der Waals surface area (Å²) in [6.07, 6.45) is 9.78. The molecule has 0 spiro atoms. The highest BCUT2D eigenvalue weighted by Gasteiger charge is 2.13. The number of ether oxygens (including phenoxy) is 2. The Morgan fingerprint density at radius 1 is 0.846 bits per heavy atom. The molecule has 0 radical (unpaired) electrons. The molecular weight excluding hydrogens is 408 g/mol. The van der Waals surface area contributed by atoms with E-state index in [1.807, 2.05) is 12.1 Å². The molecule has 4 heteroatoms. The molecule has 2 nitrogen and oxygen atoms in total. The van der Waals surface area contributed by atoms with E-state index < -0.39 is 0 Å². The summed E-state index contributed by atoms with van der Waals surface area (Å²) in [7, 11) is 0. The van der Waals surface area contributed by atoms with Crippen LogP contribution in [0.5, 0.6) is 11.5 Å². The number of rotatable bonds is 14. The molecule has 1 rings (SSSR count). The van der Waals surface area contributed by atoms with Crippen molar-refractivity contribution in [1.29, 1.82) is 0 Å². The average Bonchev–Trinajstić information content (AvgIpc) is 2.65. The van der Waals surface area contributed by atoms with Crippen molar-refractivity contribution in [2.24, 2.45) is 11.8 Å². The molecule has 0 saturated heterocycles. The molecule has 0 aromatic heterocycles. The predicted octanol–water partition coefficient (Wildman–Crippen LogP) is 7.93. The van der Waals surface area contributed by atoms with E-state index in [9.17, 15) is 0 Å². The van der Waals surface area contributed by atoms with Gasteiger partial charge < -0.3 is 9.47 Å². The van der Waals surface area contributed by atoms with Crippen molar-refractivity contribution in [2.45, 2.75) is 84.0 Å². The number of hydrogen-bond acceptors (Lipinski definition) is 3. The van der Waals surface area contributed by atoms with Gasteiger partial charge in [0.15, 0.2) is 0 Å². The zero-order chi connectivity index (χ0) is 19.4. The van der Waals surface area contributed by atoms with E-state index in [0.29, 0.717) is 11.8 Å². The lowest BCUT2D eigenvalue weighted by Gasteiger charge is -2.19. The molecule has 0 aliphatic carbocycles. The summed E-state index contributed by atoms with van der Waals surface area (Å²) in [6.45, 7) is 10.5. The zero-order valence-electron chi connectivity index (χ0n) is 17.0. The van der Waals surface area contributed by atoms with E-state index in [1.165, 1.54) is 38.5 Å². The monoisotopic (exact) mass is 444 g/mol. The largest absolute Gasteiger partial charge is 0.492 e. The van der Waals surface area contributed by atoms with Crippen molar-refractivity contribution in [3.63, 3.8) is 0 Å². The Morgan fingerprint density at radius 2 is 1.35 bits per heavy atom. The number of thiol groups is 1. The third-order valence-corrected chi connectivity index (χ3v) is 6.02. The summed E-state index contributed by atoms with van der Waals surface area (Å²) in [5.41, 5.74) is 0. The van der Waals surface area contributed by atoms with Crippen molar-refractivity contribution < 1.29 is 9.47 Å². The first-order chi connectivity index (χ1) is 12.5. The van der Waals surface area contributed by atoms with Gasteiger partial charge in [0, 0.05) is 0 Å². The van der Waals surface area contributed by atoms with Gasteiger partial charge in [0.1, 0.15) is 11.5 Å². The van der Waals surface area contributed by atoms with Gasteiger partial charge in [-0.1, -0.05) is 66.2 Å². The minimum atomic E-state index is 0.612. The Kier molecular flexibility index (Phi) is 12.5. The van der Waals surface area contributed by atoms with Gasteiger partial charge in [-0.05, 0) is 52.7 Å². The fraction of sp³-hybridized carbons (Fsp3) is 0.727. The van der Waals surface area contributed by atoms with Gasteiger partial charge in [-0.2, -0.15) is 0 Å². The first-order valence-electron chi connectivity index (χ1n) is 10.3. The van der Waals surface area contributed by atoms with E-state index in [4.69, 9.17) is 9.47 Å². The average molecular weight is 446 g/mol. The van der Waals surface area contributed by atoms with Gasteiger partial charge in [-0.25, -0.2) is 0 Å². The third-order valence-electron chi connectivity index (χ3n) is 5.05. The molecule has 2 atom stereocenters. The highest BCUT2D eigenvalue weighted by molar-refractivity contribution is 9.10. The molecule has 1 aromatic rings. The normalized spacial score (nSPS) is 13.5. The van der Waals surface area contributed by atoms with Crippen LogP contribution >= 0.6 is 28.6 Å². The Morgan fingerprint density at radius 3 is 1.81 bits per heavy atom. The minimum Gasteiger partial charge on any atom is -0.492 e. The van der Waals surface area contributed by atoms with Crippen LogP contribution in [0.4, 0.5) is 0 Å². The molecule has 0 amide bonds. The SMILES string of the molecule is CCCCC(CC)COc1cc(Br)c(OCC(CC)CCCC)cc1S. The van der Waals surface area contributed by atoms with Crippen LogP contribution in [0.25, 0.3) is 0 Å². The van der Waals surface area contributed by atoms with Gasteiger partial charge in [0.25, 0.3) is 0 Å². The van der Waals surface area contributed by atoms with Gasteiger partial charge in [0.05, 0.1) is 22.6 Å². The van der Waals surface area contributed by atoms with E-state index in [2.05, 4.69) is 56.3 Å². The van der Waals surface area contributed by atoms with E-state index >= 15 is 0 Å². The number of benzene rings is 1. The second kappa shape index (κ2) is 13.8. The first kappa shape index (κ1) is 23.7. The van der Waals surface area contributed by atoms with Crippen LogP contribution in [0.1, 0.15) is 79.1 Å². The molecule has 0 bridgehead atoms. The van der Waals surface area contributed by atoms with Crippen molar-refractivity contribution in [3.8, 4) is 11.5 Å². The zero-order valence-corrected chi connectivity index (χ0v) is 19.5. The maximum atomic E-state index is 6.07. The van der Waals surface area contributed by atoms with Crippen molar-refractivity contribution in [2.75, 3.05) is 13.2 Å². The Labute approximate surface area is 175 Å². The lowest BCUT2D eigenvalue weighted by atomic mass is 10.0. The fourth-order valence-electron chi connectivity index (χ4n) is 2.96. The van der Waals surface area contributed by atoms with Gasteiger partial charge >= 0.3 is 0 Å². The van der Waals surface area contributed by atoms with Crippen LogP contribution in [0.3, 0.4) is 0 Å². The molecule has 0 aliphatic rings. The summed E-state index contributed by atoms with van der Waals surface area (Å²) in [5, 5.41) is 0. The second-order valence-electron chi connectivity index (χ2n) is 7.21. The van der Waals surface area contributed by atoms with E-state index in [0.717, 1.165) is 46.9 Å². The Hall–Kier alpha value is -0.350. The fourth-order valence-corrected chi connectivity index (χ4v) is 3.65. The van der Waals surface area contributed by atoms with Gasteiger partial charge in [0.2, 0.25) is 0 Å². The number of hydrogen-bond donors (Lipinski definition) is 1. The van der Waals surface area contributed by atoms with Crippen LogP contribution in [-0.4, -0.2) is 13.2 Å². The maximum absolute atomic E-state index is 6.07. The number of unbranched alkanes of at least 4 members (excludes halogenated alkanes) is 2. The summed E-state index contributed by atoms with van der Waals surface area (Å²) >= 11 is 8.25. The minimum absolute atomic E-state index is 0.612. The predicted molar refractivity (Wildman–Crippen MR) is 119 cm³/mol. The van der Waals surface area contributed by atoms with Crippen molar-refractivity contribution in [1.82, 2.24) is 0 Å². The summed E-state index contributed by atoms with van der Waals surface area (Å²) < 4.78 is 13.1. The molecule has 0 fully saturated rings. The molecule has 0 heterocycles. The van der Waals surface area contributed by atoms with E-state index in [-0.39, 0.29) is 0 Å². The molecule has 1 aromatic carbocycles. The molecule has 150 valence electrons. The van der Waals surface area contributed by atoms with Crippen molar-refractivity contribution >= 4 is 28.6 Å². The highest BCUT2D eigenvalue weighted by Crippen LogP contribution is 2.36. The van der Waals surface area contributed by atoms with Crippen LogP contribution < -0.4 is 9.47 Å². The quantitative estimate of drug-likeness (QED) is 0.293. The second-order valence-corrected chi connectivity index (χ2v) is 8.54. The smallest absolute Gasteiger partial charge is 0.134 e. The highest BCUT2D eigenvalue weighted by atomic mass is 79.9. The van der Waals surface area contributed by atoms with Gasteiger partial charge in [-0.3, -0.25) is 0 Å². The lowest BCUT2D eigenvalue weighted by Crippen LogP contribution is -2.12. The van der Waals surface area contributed by atoms with Crippen LogP contribution in [0.15, 0.2) is 21.5 Å². The lowest BCUT2D eigenvalue weighted by molar-refractivity contribution is 0.223. The first-order valence-corrected chi connectivity index (χ1v) is 11.6. The summed E-state index contributed by atoms with van der Waals surface area (Å²) in [4.78, 5) is 0.843. The molecular formula is C22H37BrO2S. The van der Waals surface area contributed by atoms with Crippen LogP contribution in [-0.2, 0) is 0 Å². The summed E-state index contributed by atoms with van der Waals surface area (Å²) in [6, 6.07) is 3.97. The Bertz CT molecular complexity index is 461. The van der Waals surface area contributed by atoms with Crippen molar-refractivity contribution in [3.05, 3.63) is 16.6 Å². The van der Waals surface area contributed by atoms with E-state index in [1.54, 1.807) is 0 Å². The maximum Gasteiger partial charge on any atom is 0.134 e. The molecule has 0 saturated carbocycles. The van der Waals surface area contributed by atoms with Gasteiger partial charge in [-0.15, -0.1) is 12.6 Å². The number of halogens is 1. The molecule has 0 aliphatic heterocycles. The Balaban J connectivity index is 2.63. The molecule has 26 heavy (non-hydrogen) atoms. The van der Waals surface area contributed by atoms with Crippen LogP contribution in [0, 0.1) is 11.8 Å². The standard InChI is InChI=1S/C22H37BrO2S/c1-5-9-11-17(7-3)15-24-20-14-22(26)21(13-19(20)23)25-16-18(8-4)12-10-6-2/h13-14,17-18,26H,5-12,15-16H2,1-4H3. The molecule has 2 unspecified atom stereocenters. The topological polar surface area (TPSA) is 18.5 Å². The molecule has 0 N–H and O–H groups in total.